The first-order valence-electron chi connectivity index (χ1n) is 6.79. The molecule has 1 aromatic carbocycles. The molecule has 0 saturated carbocycles. The van der Waals surface area contributed by atoms with E-state index >= 15 is 0 Å². The SMILES string of the molecule is COc1cccc(C(C)N2CCCC2C(=O)O)c1OC. The van der Waals surface area contributed by atoms with Crippen molar-refractivity contribution in [1.29, 1.82) is 0 Å². The molecular formula is C15H21NO4. The van der Waals surface area contributed by atoms with E-state index in [1.54, 1.807) is 14.2 Å². The van der Waals surface area contributed by atoms with Gasteiger partial charge in [-0.05, 0) is 32.4 Å². The highest BCUT2D eigenvalue weighted by atomic mass is 16.5. The normalized spacial score (nSPS) is 20.6. The molecule has 1 aliphatic heterocycles. The summed E-state index contributed by atoms with van der Waals surface area (Å²) in [5.74, 6) is 0.595. The molecule has 2 unspecified atom stereocenters. The Bertz CT molecular complexity index is 489. The summed E-state index contributed by atoms with van der Waals surface area (Å²) >= 11 is 0. The van der Waals surface area contributed by atoms with Crippen LogP contribution in [-0.2, 0) is 4.79 Å². The number of carboxylic acid groups (broad SMARTS) is 1. The van der Waals surface area contributed by atoms with Gasteiger partial charge in [0, 0.05) is 11.6 Å². The van der Waals surface area contributed by atoms with Crippen molar-refractivity contribution in [2.45, 2.75) is 31.8 Å². The van der Waals surface area contributed by atoms with Crippen LogP contribution in [0.5, 0.6) is 11.5 Å². The molecule has 5 heteroatoms. The van der Waals surface area contributed by atoms with E-state index in [1.807, 2.05) is 30.0 Å². The van der Waals surface area contributed by atoms with E-state index in [-0.39, 0.29) is 6.04 Å². The Morgan fingerprint density at radius 3 is 2.75 bits per heavy atom. The molecule has 2 rings (SSSR count). The van der Waals surface area contributed by atoms with Crippen molar-refractivity contribution in [3.8, 4) is 11.5 Å². The largest absolute Gasteiger partial charge is 0.493 e. The maximum absolute atomic E-state index is 11.3. The zero-order valence-corrected chi connectivity index (χ0v) is 12.1. The van der Waals surface area contributed by atoms with Crippen molar-refractivity contribution >= 4 is 5.97 Å². The predicted octanol–water partition coefficient (Wildman–Crippen LogP) is 2.31. The Labute approximate surface area is 119 Å². The van der Waals surface area contributed by atoms with Gasteiger partial charge in [-0.1, -0.05) is 12.1 Å². The van der Waals surface area contributed by atoms with Crippen LogP contribution in [0.3, 0.4) is 0 Å². The molecular weight excluding hydrogens is 258 g/mol. The lowest BCUT2D eigenvalue weighted by atomic mass is 10.0. The smallest absolute Gasteiger partial charge is 0.320 e. The Morgan fingerprint density at radius 2 is 2.15 bits per heavy atom. The maximum Gasteiger partial charge on any atom is 0.320 e. The highest BCUT2D eigenvalue weighted by molar-refractivity contribution is 5.74. The second kappa shape index (κ2) is 6.13. The van der Waals surface area contributed by atoms with Crippen molar-refractivity contribution in [2.75, 3.05) is 20.8 Å². The average Bonchev–Trinajstić information content (AvgIpc) is 2.95. The van der Waals surface area contributed by atoms with Crippen LogP contribution < -0.4 is 9.47 Å². The van der Waals surface area contributed by atoms with Crippen molar-refractivity contribution < 1.29 is 19.4 Å². The van der Waals surface area contributed by atoms with Crippen molar-refractivity contribution in [2.24, 2.45) is 0 Å². The van der Waals surface area contributed by atoms with E-state index in [2.05, 4.69) is 0 Å². The van der Waals surface area contributed by atoms with Crippen LogP contribution in [0.4, 0.5) is 0 Å². The number of aliphatic carboxylic acids is 1. The number of nitrogens with zero attached hydrogens (tertiary/aromatic N) is 1. The fourth-order valence-electron chi connectivity index (χ4n) is 2.94. The maximum atomic E-state index is 11.3. The van der Waals surface area contributed by atoms with Gasteiger partial charge in [-0.25, -0.2) is 0 Å². The van der Waals surface area contributed by atoms with E-state index in [9.17, 15) is 9.90 Å². The first-order chi connectivity index (χ1) is 9.60. The molecule has 1 aromatic rings. The van der Waals surface area contributed by atoms with Crippen LogP contribution >= 0.6 is 0 Å². The van der Waals surface area contributed by atoms with Crippen molar-refractivity contribution in [3.63, 3.8) is 0 Å². The van der Waals surface area contributed by atoms with Crippen LogP contribution in [0.1, 0.15) is 31.4 Å². The topological polar surface area (TPSA) is 59.0 Å². The average molecular weight is 279 g/mol. The minimum absolute atomic E-state index is 0.0244. The van der Waals surface area contributed by atoms with Crippen LogP contribution in [0, 0.1) is 0 Å². The van der Waals surface area contributed by atoms with Crippen LogP contribution in [0.25, 0.3) is 0 Å². The first kappa shape index (κ1) is 14.7. The molecule has 1 fully saturated rings. The lowest BCUT2D eigenvalue weighted by Crippen LogP contribution is -2.37. The monoisotopic (exact) mass is 279 g/mol. The molecule has 1 N–H and O–H groups in total. The summed E-state index contributed by atoms with van der Waals surface area (Å²) in [6.07, 6.45) is 1.61. The van der Waals surface area contributed by atoms with Gasteiger partial charge >= 0.3 is 5.97 Å². The summed E-state index contributed by atoms with van der Waals surface area (Å²) < 4.78 is 10.7. The van der Waals surface area contributed by atoms with E-state index in [1.165, 1.54) is 0 Å². The Balaban J connectivity index is 2.33. The minimum atomic E-state index is -0.754. The van der Waals surface area contributed by atoms with E-state index in [4.69, 9.17) is 9.47 Å². The summed E-state index contributed by atoms with van der Waals surface area (Å²) in [4.78, 5) is 13.3. The molecule has 0 amide bonds. The fraction of sp³-hybridized carbons (Fsp3) is 0.533. The molecule has 1 aliphatic rings. The summed E-state index contributed by atoms with van der Waals surface area (Å²) in [5.41, 5.74) is 0.958. The molecule has 1 saturated heterocycles. The number of likely N-dealkylation sites (tertiary alicyclic amines) is 1. The van der Waals surface area contributed by atoms with Crippen molar-refractivity contribution in [1.82, 2.24) is 4.90 Å². The second-order valence-corrected chi connectivity index (χ2v) is 4.99. The molecule has 5 nitrogen and oxygen atoms in total. The van der Waals surface area contributed by atoms with Gasteiger partial charge in [0.25, 0.3) is 0 Å². The van der Waals surface area contributed by atoms with Gasteiger partial charge in [-0.15, -0.1) is 0 Å². The van der Waals surface area contributed by atoms with Crippen LogP contribution in [-0.4, -0.2) is 42.8 Å². The Hall–Kier alpha value is -1.75. The molecule has 0 bridgehead atoms. The van der Waals surface area contributed by atoms with Gasteiger partial charge in [0.15, 0.2) is 11.5 Å². The second-order valence-electron chi connectivity index (χ2n) is 4.99. The number of hydrogen-bond acceptors (Lipinski definition) is 4. The van der Waals surface area contributed by atoms with E-state index in [0.717, 1.165) is 18.5 Å². The number of carboxylic acids is 1. The summed E-state index contributed by atoms with van der Waals surface area (Å²) in [6.45, 7) is 2.80. The third-order valence-corrected chi connectivity index (χ3v) is 3.96. The number of para-hydroxylation sites is 1. The highest BCUT2D eigenvalue weighted by Crippen LogP contribution is 2.39. The standard InChI is InChI=1S/C15H21NO4/c1-10(16-9-5-7-12(16)15(17)18)11-6-4-8-13(19-2)14(11)20-3/h4,6,8,10,12H,5,7,9H2,1-3H3,(H,17,18). The number of rotatable bonds is 5. The number of benzene rings is 1. The number of hydrogen-bond donors (Lipinski definition) is 1. The first-order valence-corrected chi connectivity index (χ1v) is 6.79. The van der Waals surface area contributed by atoms with Gasteiger partial charge in [0.2, 0.25) is 0 Å². The number of methoxy groups -OCH3 is 2. The van der Waals surface area contributed by atoms with Gasteiger partial charge in [-0.3, -0.25) is 9.69 Å². The van der Waals surface area contributed by atoms with Crippen LogP contribution in [0.15, 0.2) is 18.2 Å². The van der Waals surface area contributed by atoms with Gasteiger partial charge in [0.1, 0.15) is 6.04 Å². The summed E-state index contributed by atoms with van der Waals surface area (Å²) in [6, 6.07) is 5.26. The van der Waals surface area contributed by atoms with Gasteiger partial charge in [-0.2, -0.15) is 0 Å². The van der Waals surface area contributed by atoms with Gasteiger partial charge in [0.05, 0.1) is 14.2 Å². The quantitative estimate of drug-likeness (QED) is 0.896. The van der Waals surface area contributed by atoms with Crippen LogP contribution in [0.2, 0.25) is 0 Å². The molecule has 110 valence electrons. The van der Waals surface area contributed by atoms with Gasteiger partial charge < -0.3 is 14.6 Å². The Morgan fingerprint density at radius 1 is 1.40 bits per heavy atom. The molecule has 20 heavy (non-hydrogen) atoms. The number of carbonyl (C=O) groups is 1. The fourth-order valence-corrected chi connectivity index (χ4v) is 2.94. The lowest BCUT2D eigenvalue weighted by Gasteiger charge is -2.29. The van der Waals surface area contributed by atoms with E-state index in [0.29, 0.717) is 17.9 Å². The zero-order valence-electron chi connectivity index (χ0n) is 12.1. The lowest BCUT2D eigenvalue weighted by molar-refractivity contribution is -0.142. The number of ether oxygens (including phenoxy) is 2. The Kier molecular flexibility index (Phi) is 4.49. The molecule has 2 atom stereocenters. The van der Waals surface area contributed by atoms with Crippen molar-refractivity contribution in [3.05, 3.63) is 23.8 Å². The highest BCUT2D eigenvalue weighted by Gasteiger charge is 2.35. The molecule has 0 aromatic heterocycles. The molecule has 0 aliphatic carbocycles. The minimum Gasteiger partial charge on any atom is -0.493 e. The zero-order chi connectivity index (χ0) is 14.7. The summed E-state index contributed by atoms with van der Waals surface area (Å²) in [7, 11) is 3.20. The third kappa shape index (κ3) is 2.58. The van der Waals surface area contributed by atoms with E-state index < -0.39 is 12.0 Å². The molecule has 0 spiro atoms. The predicted molar refractivity (Wildman–Crippen MR) is 75.3 cm³/mol. The summed E-state index contributed by atoms with van der Waals surface area (Å²) in [5, 5.41) is 9.31. The third-order valence-electron chi connectivity index (χ3n) is 3.96. The molecule has 0 radical (unpaired) electrons. The molecule has 1 heterocycles.